The maximum atomic E-state index is 11.9. The van der Waals surface area contributed by atoms with Crippen molar-refractivity contribution in [1.29, 1.82) is 0 Å². The van der Waals surface area contributed by atoms with E-state index in [1.54, 1.807) is 30.3 Å². The number of benzene rings is 1. The number of thiophene rings is 1. The van der Waals surface area contributed by atoms with Gasteiger partial charge in [-0.05, 0) is 42.3 Å². The summed E-state index contributed by atoms with van der Waals surface area (Å²) in [7, 11) is 0. The summed E-state index contributed by atoms with van der Waals surface area (Å²) < 4.78 is 4.95. The summed E-state index contributed by atoms with van der Waals surface area (Å²) in [4.78, 5) is 25.3. The number of hydrogen-bond donors (Lipinski definition) is 0. The molecule has 6 heteroatoms. The van der Waals surface area contributed by atoms with Crippen molar-refractivity contribution >= 4 is 52.4 Å². The molecule has 2 rings (SSSR count). The van der Waals surface area contributed by atoms with E-state index in [9.17, 15) is 9.59 Å². The topological polar surface area (TPSA) is 43.4 Å². The lowest BCUT2D eigenvalue weighted by molar-refractivity contribution is -0.136. The van der Waals surface area contributed by atoms with Crippen LogP contribution in [-0.2, 0) is 16.0 Å². The average molecular weight is 369 g/mol. The lowest BCUT2D eigenvalue weighted by Gasteiger charge is -2.00. The van der Waals surface area contributed by atoms with E-state index in [0.717, 1.165) is 11.3 Å². The number of aryl methyl sites for hydroxylation is 1. The van der Waals surface area contributed by atoms with Crippen molar-refractivity contribution < 1.29 is 14.3 Å². The van der Waals surface area contributed by atoms with Crippen LogP contribution in [0.4, 0.5) is 0 Å². The number of Topliss-reactive ketones (excluding diaryl/α,β-unsaturated/α-hetero) is 1. The smallest absolute Gasteiger partial charge is 0.331 e. The molecule has 0 spiro atoms. The first-order chi connectivity index (χ1) is 11.0. The zero-order chi connectivity index (χ0) is 16.8. The van der Waals surface area contributed by atoms with Gasteiger partial charge in [-0.1, -0.05) is 36.2 Å². The van der Waals surface area contributed by atoms with Crippen molar-refractivity contribution in [2.75, 3.05) is 6.61 Å². The molecular weight excluding hydrogens is 355 g/mol. The monoisotopic (exact) mass is 368 g/mol. The summed E-state index contributed by atoms with van der Waals surface area (Å²) in [5, 5.41) is 0.848. The fraction of sp³-hybridized carbons (Fsp3) is 0.176. The molecule has 0 radical (unpaired) electrons. The van der Waals surface area contributed by atoms with Crippen molar-refractivity contribution in [2.45, 2.75) is 13.3 Å². The molecule has 0 saturated carbocycles. The first-order valence-electron chi connectivity index (χ1n) is 6.91. The molecule has 0 aliphatic carbocycles. The van der Waals surface area contributed by atoms with Gasteiger partial charge >= 0.3 is 5.97 Å². The summed E-state index contributed by atoms with van der Waals surface area (Å²) in [5.74, 6) is -0.789. The van der Waals surface area contributed by atoms with Crippen molar-refractivity contribution in [3.05, 3.63) is 61.8 Å². The van der Waals surface area contributed by atoms with Gasteiger partial charge in [0, 0.05) is 11.0 Å². The summed E-state index contributed by atoms with van der Waals surface area (Å²) in [5.41, 5.74) is 0.716. The molecule has 0 N–H and O–H groups in total. The van der Waals surface area contributed by atoms with Crippen LogP contribution in [0.15, 0.2) is 36.4 Å². The molecule has 0 aliphatic rings. The van der Waals surface area contributed by atoms with Crippen molar-refractivity contribution in [2.24, 2.45) is 0 Å². The van der Waals surface area contributed by atoms with Crippen LogP contribution in [0.3, 0.4) is 0 Å². The Hall–Kier alpha value is -1.62. The Morgan fingerprint density at radius 1 is 1.17 bits per heavy atom. The standard InChI is InChI=1S/C17H14Cl2O3S/c1-2-12-5-7-16(23-12)15(20)10-22-17(21)8-4-11-3-6-13(18)14(19)9-11/h3-9H,2,10H2,1H3/b8-4+. The zero-order valence-corrected chi connectivity index (χ0v) is 14.7. The normalized spacial score (nSPS) is 10.9. The maximum absolute atomic E-state index is 11.9. The highest BCUT2D eigenvalue weighted by Crippen LogP contribution is 2.23. The van der Waals surface area contributed by atoms with Crippen LogP contribution in [0.1, 0.15) is 27.0 Å². The number of halogens is 2. The van der Waals surface area contributed by atoms with E-state index in [0.29, 0.717) is 20.5 Å². The van der Waals surface area contributed by atoms with Gasteiger partial charge in [-0.3, -0.25) is 4.79 Å². The fourth-order valence-corrected chi connectivity index (χ4v) is 2.93. The molecule has 0 bridgehead atoms. The maximum Gasteiger partial charge on any atom is 0.331 e. The van der Waals surface area contributed by atoms with Gasteiger partial charge in [0.15, 0.2) is 6.61 Å². The number of ketones is 1. The van der Waals surface area contributed by atoms with Gasteiger partial charge in [0.05, 0.1) is 14.9 Å². The molecule has 3 nitrogen and oxygen atoms in total. The van der Waals surface area contributed by atoms with Gasteiger partial charge in [-0.15, -0.1) is 11.3 Å². The van der Waals surface area contributed by atoms with E-state index in [2.05, 4.69) is 0 Å². The van der Waals surface area contributed by atoms with E-state index >= 15 is 0 Å². The van der Waals surface area contributed by atoms with Gasteiger partial charge in [0.1, 0.15) is 0 Å². The van der Waals surface area contributed by atoms with Crippen LogP contribution >= 0.6 is 34.5 Å². The first-order valence-corrected chi connectivity index (χ1v) is 8.48. The number of esters is 1. The van der Waals surface area contributed by atoms with Gasteiger partial charge < -0.3 is 4.74 Å². The Kier molecular flexibility index (Phi) is 6.39. The van der Waals surface area contributed by atoms with Crippen LogP contribution in [0.2, 0.25) is 10.0 Å². The lowest BCUT2D eigenvalue weighted by Crippen LogP contribution is -2.11. The third-order valence-corrected chi connectivity index (χ3v) is 5.00. The minimum absolute atomic E-state index is 0.203. The summed E-state index contributed by atoms with van der Waals surface area (Å²) in [6, 6.07) is 8.66. The van der Waals surface area contributed by atoms with Crippen LogP contribution < -0.4 is 0 Å². The van der Waals surface area contributed by atoms with Gasteiger partial charge in [-0.25, -0.2) is 4.79 Å². The second-order valence-corrected chi connectivity index (χ2v) is 6.64. The fourth-order valence-electron chi connectivity index (χ4n) is 1.75. The van der Waals surface area contributed by atoms with Crippen LogP contribution in [-0.4, -0.2) is 18.4 Å². The van der Waals surface area contributed by atoms with Crippen LogP contribution in [0.25, 0.3) is 6.08 Å². The molecule has 0 amide bonds. The Labute approximate surface area is 148 Å². The SMILES string of the molecule is CCc1ccc(C(=O)COC(=O)/C=C/c2ccc(Cl)c(Cl)c2)s1. The molecule has 2 aromatic rings. The molecule has 1 aromatic carbocycles. The summed E-state index contributed by atoms with van der Waals surface area (Å²) >= 11 is 13.1. The number of carbonyl (C=O) groups is 2. The first kappa shape index (κ1) is 17.7. The largest absolute Gasteiger partial charge is 0.454 e. The number of carbonyl (C=O) groups excluding carboxylic acids is 2. The van der Waals surface area contributed by atoms with Crippen LogP contribution in [0.5, 0.6) is 0 Å². The third kappa shape index (κ3) is 5.20. The summed E-state index contributed by atoms with van der Waals surface area (Å²) in [6.07, 6.45) is 3.68. The van der Waals surface area contributed by atoms with E-state index in [1.807, 2.05) is 13.0 Å². The Morgan fingerprint density at radius 2 is 1.96 bits per heavy atom. The van der Waals surface area contributed by atoms with Gasteiger partial charge in [0.25, 0.3) is 0 Å². The quantitative estimate of drug-likeness (QED) is 0.406. The van der Waals surface area contributed by atoms with E-state index in [-0.39, 0.29) is 12.4 Å². The highest BCUT2D eigenvalue weighted by molar-refractivity contribution is 7.14. The van der Waals surface area contributed by atoms with E-state index in [1.165, 1.54) is 17.4 Å². The highest BCUT2D eigenvalue weighted by Gasteiger charge is 2.11. The highest BCUT2D eigenvalue weighted by atomic mass is 35.5. The van der Waals surface area contributed by atoms with E-state index < -0.39 is 5.97 Å². The molecule has 0 unspecified atom stereocenters. The molecule has 0 atom stereocenters. The molecule has 0 saturated heterocycles. The second-order valence-electron chi connectivity index (χ2n) is 4.66. The van der Waals surface area contributed by atoms with E-state index in [4.69, 9.17) is 27.9 Å². The van der Waals surface area contributed by atoms with Crippen molar-refractivity contribution in [3.8, 4) is 0 Å². The molecule has 1 aromatic heterocycles. The molecular formula is C17H14Cl2O3S. The van der Waals surface area contributed by atoms with Crippen molar-refractivity contribution in [3.63, 3.8) is 0 Å². The van der Waals surface area contributed by atoms with Gasteiger partial charge in [0.2, 0.25) is 5.78 Å². The van der Waals surface area contributed by atoms with Gasteiger partial charge in [-0.2, -0.15) is 0 Å². The minimum Gasteiger partial charge on any atom is -0.454 e. The van der Waals surface area contributed by atoms with Crippen LogP contribution in [0, 0.1) is 0 Å². The minimum atomic E-state index is -0.586. The molecule has 1 heterocycles. The van der Waals surface area contributed by atoms with Crippen molar-refractivity contribution in [1.82, 2.24) is 0 Å². The Morgan fingerprint density at radius 3 is 2.61 bits per heavy atom. The lowest BCUT2D eigenvalue weighted by atomic mass is 10.2. The number of hydrogen-bond acceptors (Lipinski definition) is 4. The predicted octanol–water partition coefficient (Wildman–Crippen LogP) is 5.06. The second kappa shape index (κ2) is 8.29. The number of ether oxygens (including phenoxy) is 1. The molecule has 120 valence electrons. The molecule has 0 fully saturated rings. The summed E-state index contributed by atoms with van der Waals surface area (Å²) in [6.45, 7) is 1.75. The number of rotatable bonds is 6. The Balaban J connectivity index is 1.88. The molecule has 23 heavy (non-hydrogen) atoms. The zero-order valence-electron chi connectivity index (χ0n) is 12.3. The Bertz CT molecular complexity index is 750. The molecule has 0 aliphatic heterocycles. The third-order valence-electron chi connectivity index (χ3n) is 2.99. The average Bonchev–Trinajstić information content (AvgIpc) is 3.03. The predicted molar refractivity (Wildman–Crippen MR) is 94.5 cm³/mol.